The lowest BCUT2D eigenvalue weighted by molar-refractivity contribution is -0.123. The maximum Gasteiger partial charge on any atom is 0.257 e. The molecule has 0 saturated heterocycles. The predicted molar refractivity (Wildman–Crippen MR) is 91.0 cm³/mol. The number of nitrogens with one attached hydrogen (secondary N) is 1. The fourth-order valence-corrected chi connectivity index (χ4v) is 2.51. The smallest absolute Gasteiger partial charge is 0.257 e. The van der Waals surface area contributed by atoms with E-state index in [1.807, 2.05) is 53.1 Å². The van der Waals surface area contributed by atoms with Crippen LogP contribution in [0.3, 0.4) is 0 Å². The molecule has 1 N–H and O–H groups in total. The summed E-state index contributed by atoms with van der Waals surface area (Å²) in [5.41, 5.74) is 1.90. The Morgan fingerprint density at radius 2 is 2.00 bits per heavy atom. The quantitative estimate of drug-likeness (QED) is 0.722. The van der Waals surface area contributed by atoms with Gasteiger partial charge in [0.05, 0.1) is 0 Å². The molecule has 6 heteroatoms. The van der Waals surface area contributed by atoms with Crippen molar-refractivity contribution in [3.63, 3.8) is 0 Å². The Balaban J connectivity index is 1.47. The van der Waals surface area contributed by atoms with Crippen LogP contribution in [0.15, 0.2) is 48.7 Å². The van der Waals surface area contributed by atoms with Crippen LogP contribution in [0.5, 0.6) is 5.75 Å². The SMILES string of the molecule is CCc1ccccc1OCC(=O)NCCc1nnc2ccccn12. The minimum atomic E-state index is -0.144. The highest BCUT2D eigenvalue weighted by molar-refractivity contribution is 5.77. The average Bonchev–Trinajstić information content (AvgIpc) is 3.03. The van der Waals surface area contributed by atoms with Gasteiger partial charge in [0.25, 0.3) is 5.91 Å². The number of aryl methyl sites for hydroxylation is 1. The van der Waals surface area contributed by atoms with Crippen molar-refractivity contribution in [2.75, 3.05) is 13.2 Å². The van der Waals surface area contributed by atoms with E-state index < -0.39 is 0 Å². The highest BCUT2D eigenvalue weighted by Crippen LogP contribution is 2.17. The zero-order valence-electron chi connectivity index (χ0n) is 13.6. The lowest BCUT2D eigenvalue weighted by Crippen LogP contribution is -2.31. The third-order valence-electron chi connectivity index (χ3n) is 3.77. The van der Waals surface area contributed by atoms with Crippen molar-refractivity contribution in [1.82, 2.24) is 19.9 Å². The van der Waals surface area contributed by atoms with Crippen LogP contribution in [0.2, 0.25) is 0 Å². The average molecular weight is 324 g/mol. The third-order valence-corrected chi connectivity index (χ3v) is 3.77. The van der Waals surface area contributed by atoms with Crippen LogP contribution in [0.4, 0.5) is 0 Å². The van der Waals surface area contributed by atoms with Crippen LogP contribution in [-0.4, -0.2) is 33.7 Å². The number of hydrogen-bond donors (Lipinski definition) is 1. The van der Waals surface area contributed by atoms with Crippen molar-refractivity contribution >= 4 is 11.6 Å². The first-order valence-corrected chi connectivity index (χ1v) is 8.04. The largest absolute Gasteiger partial charge is 0.483 e. The minimum absolute atomic E-state index is 0.0115. The van der Waals surface area contributed by atoms with E-state index in [0.29, 0.717) is 13.0 Å². The summed E-state index contributed by atoms with van der Waals surface area (Å²) in [5.74, 6) is 1.44. The number of carbonyl (C=O) groups excluding carboxylic acids is 1. The number of amides is 1. The molecule has 24 heavy (non-hydrogen) atoms. The zero-order chi connectivity index (χ0) is 16.8. The molecular weight excluding hydrogens is 304 g/mol. The maximum atomic E-state index is 11.9. The topological polar surface area (TPSA) is 68.5 Å². The number of benzene rings is 1. The van der Waals surface area contributed by atoms with Gasteiger partial charge in [0.2, 0.25) is 0 Å². The zero-order valence-corrected chi connectivity index (χ0v) is 13.6. The van der Waals surface area contributed by atoms with Crippen LogP contribution >= 0.6 is 0 Å². The van der Waals surface area contributed by atoms with Gasteiger partial charge in [-0.25, -0.2) is 0 Å². The van der Waals surface area contributed by atoms with E-state index in [-0.39, 0.29) is 12.5 Å². The minimum Gasteiger partial charge on any atom is -0.483 e. The van der Waals surface area contributed by atoms with Crippen LogP contribution in [0.25, 0.3) is 5.65 Å². The van der Waals surface area contributed by atoms with Gasteiger partial charge in [-0.05, 0) is 30.2 Å². The first kappa shape index (κ1) is 16.0. The lowest BCUT2D eigenvalue weighted by Gasteiger charge is -2.10. The lowest BCUT2D eigenvalue weighted by atomic mass is 10.1. The second-order valence-corrected chi connectivity index (χ2v) is 5.39. The van der Waals surface area contributed by atoms with Crippen LogP contribution in [0, 0.1) is 0 Å². The van der Waals surface area contributed by atoms with Gasteiger partial charge in [-0.2, -0.15) is 0 Å². The number of aromatic nitrogens is 3. The molecule has 0 aliphatic heterocycles. The molecule has 0 aliphatic rings. The van der Waals surface area contributed by atoms with Crippen molar-refractivity contribution in [3.05, 3.63) is 60.0 Å². The van der Waals surface area contributed by atoms with Gasteiger partial charge in [0.15, 0.2) is 12.3 Å². The Morgan fingerprint density at radius 3 is 2.88 bits per heavy atom. The van der Waals surface area contributed by atoms with E-state index in [9.17, 15) is 4.79 Å². The van der Waals surface area contributed by atoms with Gasteiger partial charge >= 0.3 is 0 Å². The normalized spacial score (nSPS) is 10.7. The summed E-state index contributed by atoms with van der Waals surface area (Å²) in [4.78, 5) is 11.9. The first-order valence-electron chi connectivity index (χ1n) is 8.04. The molecular formula is C18H20N4O2. The summed E-state index contributed by atoms with van der Waals surface area (Å²) in [5, 5.41) is 11.1. The fourth-order valence-electron chi connectivity index (χ4n) is 2.51. The molecule has 0 fully saturated rings. The first-order chi connectivity index (χ1) is 11.8. The van der Waals surface area contributed by atoms with Gasteiger partial charge < -0.3 is 10.1 Å². The number of pyridine rings is 1. The van der Waals surface area contributed by atoms with Crippen molar-refractivity contribution in [2.45, 2.75) is 19.8 Å². The van der Waals surface area contributed by atoms with Crippen molar-refractivity contribution < 1.29 is 9.53 Å². The number of nitrogens with zero attached hydrogens (tertiary/aromatic N) is 3. The second kappa shape index (κ2) is 7.59. The molecule has 1 aromatic carbocycles. The molecule has 2 aromatic heterocycles. The molecule has 0 atom stereocenters. The monoisotopic (exact) mass is 324 g/mol. The number of para-hydroxylation sites is 1. The molecule has 2 heterocycles. The summed E-state index contributed by atoms with van der Waals surface area (Å²) in [7, 11) is 0. The highest BCUT2D eigenvalue weighted by Gasteiger charge is 2.07. The summed E-state index contributed by atoms with van der Waals surface area (Å²) in [6.07, 6.45) is 3.40. The van der Waals surface area contributed by atoms with Crippen molar-refractivity contribution in [2.24, 2.45) is 0 Å². The van der Waals surface area contributed by atoms with E-state index in [2.05, 4.69) is 22.4 Å². The summed E-state index contributed by atoms with van der Waals surface area (Å²) in [6.45, 7) is 2.57. The molecule has 0 spiro atoms. The molecule has 0 aliphatic carbocycles. The second-order valence-electron chi connectivity index (χ2n) is 5.39. The van der Waals surface area contributed by atoms with E-state index in [4.69, 9.17) is 4.74 Å². The Bertz CT molecular complexity index is 829. The van der Waals surface area contributed by atoms with Gasteiger partial charge in [-0.15, -0.1) is 10.2 Å². The molecule has 0 radical (unpaired) electrons. The maximum absolute atomic E-state index is 11.9. The fraction of sp³-hybridized carbons (Fsp3) is 0.278. The number of hydrogen-bond acceptors (Lipinski definition) is 4. The van der Waals surface area contributed by atoms with Crippen LogP contribution < -0.4 is 10.1 Å². The molecule has 0 bridgehead atoms. The Morgan fingerprint density at radius 1 is 1.17 bits per heavy atom. The molecule has 1 amide bonds. The van der Waals surface area contributed by atoms with E-state index in [1.54, 1.807) is 0 Å². The van der Waals surface area contributed by atoms with Gasteiger partial charge in [0.1, 0.15) is 11.6 Å². The molecule has 0 saturated carbocycles. The molecule has 3 aromatic rings. The summed E-state index contributed by atoms with van der Waals surface area (Å²) in [6, 6.07) is 13.5. The highest BCUT2D eigenvalue weighted by atomic mass is 16.5. The van der Waals surface area contributed by atoms with E-state index >= 15 is 0 Å². The number of carbonyl (C=O) groups is 1. The van der Waals surface area contributed by atoms with E-state index in [0.717, 1.165) is 29.2 Å². The molecule has 0 unspecified atom stereocenters. The molecule has 3 rings (SSSR count). The van der Waals surface area contributed by atoms with Gasteiger partial charge in [-0.1, -0.05) is 31.2 Å². The Kier molecular flexibility index (Phi) is 5.05. The predicted octanol–water partition coefficient (Wildman–Crippen LogP) is 2.03. The Labute approximate surface area is 140 Å². The van der Waals surface area contributed by atoms with Crippen LogP contribution in [-0.2, 0) is 17.6 Å². The number of rotatable bonds is 7. The summed E-state index contributed by atoms with van der Waals surface area (Å²) >= 11 is 0. The van der Waals surface area contributed by atoms with Gasteiger partial charge in [0, 0.05) is 19.2 Å². The van der Waals surface area contributed by atoms with Crippen molar-refractivity contribution in [3.8, 4) is 5.75 Å². The standard InChI is InChI=1S/C18H20N4O2/c1-2-14-7-3-4-8-15(14)24-13-18(23)19-11-10-17-21-20-16-9-5-6-12-22(16)17/h3-9,12H,2,10-11,13H2,1H3,(H,19,23). The van der Waals surface area contributed by atoms with E-state index in [1.165, 1.54) is 0 Å². The van der Waals surface area contributed by atoms with Crippen molar-refractivity contribution in [1.29, 1.82) is 0 Å². The molecule has 124 valence electrons. The third kappa shape index (κ3) is 3.71. The Hall–Kier alpha value is -2.89. The summed E-state index contributed by atoms with van der Waals surface area (Å²) < 4.78 is 7.52. The number of fused-ring (bicyclic) bond motifs is 1. The van der Waals surface area contributed by atoms with Gasteiger partial charge in [-0.3, -0.25) is 9.20 Å². The van der Waals surface area contributed by atoms with Crippen LogP contribution in [0.1, 0.15) is 18.3 Å². The molecule has 6 nitrogen and oxygen atoms in total. The number of ether oxygens (including phenoxy) is 1.